The molecule has 2 rings (SSSR count). The molecular weight excluding hydrogens is 216 g/mol. The lowest BCUT2D eigenvalue weighted by molar-refractivity contribution is 0.555. The summed E-state index contributed by atoms with van der Waals surface area (Å²) in [6.07, 6.45) is 4.10. The Bertz CT molecular complexity index is 391. The standard InChI is InChI=1S/C14H16OS/c1-11-2-6-13(7-3-11)16-14-8-4-12(10-15)5-9-14/h2-3,6-7,14H,4-5,8-9H2,1H3. The van der Waals surface area contributed by atoms with Gasteiger partial charge in [0.15, 0.2) is 0 Å². The normalized spacial score (nSPS) is 20.6. The van der Waals surface area contributed by atoms with Crippen LogP contribution in [0.3, 0.4) is 0 Å². The first-order valence-corrected chi connectivity index (χ1v) is 6.62. The first kappa shape index (κ1) is 11.5. The summed E-state index contributed by atoms with van der Waals surface area (Å²) in [4.78, 5) is 11.8. The van der Waals surface area contributed by atoms with E-state index in [9.17, 15) is 4.79 Å². The molecule has 16 heavy (non-hydrogen) atoms. The van der Waals surface area contributed by atoms with Crippen LogP contribution in [0.5, 0.6) is 0 Å². The minimum atomic E-state index is 0.666. The second-order valence-corrected chi connectivity index (χ2v) is 5.71. The maximum atomic E-state index is 10.5. The molecule has 0 saturated heterocycles. The third kappa shape index (κ3) is 3.01. The Kier molecular flexibility index (Phi) is 3.87. The maximum Gasteiger partial charge on any atom is 0.123 e. The molecule has 1 aliphatic rings. The lowest BCUT2D eigenvalue weighted by Crippen LogP contribution is -2.10. The molecule has 1 aromatic rings. The largest absolute Gasteiger partial charge is 0.234 e. The van der Waals surface area contributed by atoms with E-state index in [4.69, 9.17) is 0 Å². The summed E-state index contributed by atoms with van der Waals surface area (Å²) in [5.74, 6) is 2.05. The Morgan fingerprint density at radius 1 is 1.19 bits per heavy atom. The van der Waals surface area contributed by atoms with Crippen LogP contribution in [0.2, 0.25) is 0 Å². The van der Waals surface area contributed by atoms with Crippen LogP contribution in [0.25, 0.3) is 0 Å². The lowest BCUT2D eigenvalue weighted by atomic mass is 9.96. The number of benzene rings is 1. The highest BCUT2D eigenvalue weighted by Gasteiger charge is 2.17. The number of rotatable bonds is 2. The van der Waals surface area contributed by atoms with Crippen molar-refractivity contribution in [2.75, 3.05) is 0 Å². The summed E-state index contributed by atoms with van der Waals surface area (Å²) >= 11 is 1.94. The molecule has 0 bridgehead atoms. The number of hydrogen-bond acceptors (Lipinski definition) is 2. The molecule has 0 spiro atoms. The van der Waals surface area contributed by atoms with Crippen LogP contribution in [0.1, 0.15) is 31.2 Å². The monoisotopic (exact) mass is 232 g/mol. The molecule has 0 radical (unpaired) electrons. The van der Waals surface area contributed by atoms with Crippen molar-refractivity contribution in [2.45, 2.75) is 42.8 Å². The highest BCUT2D eigenvalue weighted by Crippen LogP contribution is 2.34. The van der Waals surface area contributed by atoms with Crippen LogP contribution in [0, 0.1) is 6.92 Å². The summed E-state index contributed by atoms with van der Waals surface area (Å²) in [5.41, 5.74) is 2.28. The Balaban J connectivity index is 1.91. The van der Waals surface area contributed by atoms with Gasteiger partial charge < -0.3 is 0 Å². The van der Waals surface area contributed by atoms with Gasteiger partial charge in [0.05, 0.1) is 0 Å². The molecule has 1 fully saturated rings. The van der Waals surface area contributed by atoms with E-state index >= 15 is 0 Å². The summed E-state index contributed by atoms with van der Waals surface area (Å²) in [7, 11) is 0. The van der Waals surface area contributed by atoms with Crippen molar-refractivity contribution in [3.63, 3.8) is 0 Å². The van der Waals surface area contributed by atoms with Gasteiger partial charge in [0.2, 0.25) is 0 Å². The SMILES string of the molecule is Cc1ccc(SC2CCC(=C=O)CC2)cc1. The third-order valence-electron chi connectivity index (χ3n) is 3.00. The van der Waals surface area contributed by atoms with Crippen molar-refractivity contribution in [3.05, 3.63) is 35.4 Å². The quantitative estimate of drug-likeness (QED) is 0.722. The van der Waals surface area contributed by atoms with Crippen LogP contribution in [-0.2, 0) is 4.79 Å². The molecule has 0 N–H and O–H groups in total. The molecule has 0 heterocycles. The summed E-state index contributed by atoms with van der Waals surface area (Å²) in [5, 5.41) is 0.666. The van der Waals surface area contributed by atoms with E-state index in [-0.39, 0.29) is 0 Å². The van der Waals surface area contributed by atoms with E-state index in [0.29, 0.717) is 5.25 Å². The summed E-state index contributed by atoms with van der Waals surface area (Å²) < 4.78 is 0. The second-order valence-electron chi connectivity index (χ2n) is 4.34. The van der Waals surface area contributed by atoms with Crippen molar-refractivity contribution in [3.8, 4) is 0 Å². The van der Waals surface area contributed by atoms with Crippen LogP contribution in [0.15, 0.2) is 34.7 Å². The van der Waals surface area contributed by atoms with E-state index in [1.54, 1.807) is 0 Å². The maximum absolute atomic E-state index is 10.5. The van der Waals surface area contributed by atoms with E-state index in [0.717, 1.165) is 31.3 Å². The number of allylic oxidation sites excluding steroid dienone is 1. The Hall–Kier alpha value is -0.980. The van der Waals surface area contributed by atoms with Crippen LogP contribution in [0.4, 0.5) is 0 Å². The van der Waals surface area contributed by atoms with E-state index in [2.05, 4.69) is 37.1 Å². The molecule has 0 unspecified atom stereocenters. The minimum absolute atomic E-state index is 0.666. The zero-order chi connectivity index (χ0) is 11.4. The molecule has 0 aromatic heterocycles. The number of hydrogen-bond donors (Lipinski definition) is 0. The van der Waals surface area contributed by atoms with Crippen LogP contribution >= 0.6 is 11.8 Å². The van der Waals surface area contributed by atoms with Crippen molar-refractivity contribution >= 4 is 17.7 Å². The van der Waals surface area contributed by atoms with Gasteiger partial charge in [0, 0.05) is 15.7 Å². The van der Waals surface area contributed by atoms with Crippen molar-refractivity contribution in [1.29, 1.82) is 0 Å². The fraction of sp³-hybridized carbons (Fsp3) is 0.429. The highest BCUT2D eigenvalue weighted by molar-refractivity contribution is 8.00. The lowest BCUT2D eigenvalue weighted by Gasteiger charge is -2.21. The second kappa shape index (κ2) is 5.38. The van der Waals surface area contributed by atoms with Gasteiger partial charge in [-0.15, -0.1) is 11.8 Å². The van der Waals surface area contributed by atoms with Gasteiger partial charge >= 0.3 is 0 Å². The Labute approximate surface area is 101 Å². The first-order chi connectivity index (χ1) is 7.78. The zero-order valence-electron chi connectivity index (χ0n) is 9.53. The van der Waals surface area contributed by atoms with Crippen molar-refractivity contribution < 1.29 is 4.79 Å². The van der Waals surface area contributed by atoms with E-state index in [1.165, 1.54) is 10.5 Å². The average Bonchev–Trinajstić information content (AvgIpc) is 2.33. The predicted molar refractivity (Wildman–Crippen MR) is 68.5 cm³/mol. The molecule has 84 valence electrons. The third-order valence-corrected chi connectivity index (χ3v) is 4.35. The topological polar surface area (TPSA) is 17.1 Å². The Morgan fingerprint density at radius 3 is 2.38 bits per heavy atom. The van der Waals surface area contributed by atoms with Crippen LogP contribution < -0.4 is 0 Å². The average molecular weight is 232 g/mol. The van der Waals surface area contributed by atoms with Gasteiger partial charge in [0.25, 0.3) is 0 Å². The summed E-state index contributed by atoms with van der Waals surface area (Å²) in [6.45, 7) is 2.11. The molecule has 0 atom stereocenters. The molecule has 0 aliphatic heterocycles. The van der Waals surface area contributed by atoms with Gasteiger partial charge in [-0.1, -0.05) is 17.7 Å². The molecule has 1 aliphatic carbocycles. The van der Waals surface area contributed by atoms with Crippen LogP contribution in [-0.4, -0.2) is 11.2 Å². The van der Waals surface area contributed by atoms with E-state index in [1.807, 2.05) is 11.8 Å². The fourth-order valence-corrected chi connectivity index (χ4v) is 3.12. The van der Waals surface area contributed by atoms with Gasteiger partial charge in [-0.2, -0.15) is 0 Å². The van der Waals surface area contributed by atoms with Gasteiger partial charge in [0.1, 0.15) is 5.94 Å². The minimum Gasteiger partial charge on any atom is -0.234 e. The number of thioether (sulfide) groups is 1. The smallest absolute Gasteiger partial charge is 0.123 e. The predicted octanol–water partition coefficient (Wildman–Crippen LogP) is 3.79. The van der Waals surface area contributed by atoms with Gasteiger partial charge in [-0.3, -0.25) is 0 Å². The molecule has 0 amide bonds. The molecule has 2 heteroatoms. The summed E-state index contributed by atoms with van der Waals surface area (Å²) in [6, 6.07) is 8.68. The van der Waals surface area contributed by atoms with Crippen molar-refractivity contribution in [1.82, 2.24) is 0 Å². The number of carbonyl (C=O) groups excluding carboxylic acids is 1. The number of aryl methyl sites for hydroxylation is 1. The molecule has 1 aromatic carbocycles. The van der Waals surface area contributed by atoms with Gasteiger partial charge in [-0.05, 0) is 44.7 Å². The van der Waals surface area contributed by atoms with Crippen molar-refractivity contribution in [2.24, 2.45) is 0 Å². The van der Waals surface area contributed by atoms with Gasteiger partial charge in [-0.25, -0.2) is 4.79 Å². The first-order valence-electron chi connectivity index (χ1n) is 5.74. The fourth-order valence-electron chi connectivity index (χ4n) is 1.97. The highest BCUT2D eigenvalue weighted by atomic mass is 32.2. The Morgan fingerprint density at radius 2 is 1.81 bits per heavy atom. The molecular formula is C14H16OS. The molecule has 1 nitrogen and oxygen atoms in total. The zero-order valence-corrected chi connectivity index (χ0v) is 10.3. The molecule has 1 saturated carbocycles. The van der Waals surface area contributed by atoms with E-state index < -0.39 is 0 Å².